The molecule has 0 atom stereocenters. The second kappa shape index (κ2) is 8.94. The number of nitrogens with two attached hydrogens (primary N) is 2. The topological polar surface area (TPSA) is 121 Å². The number of nitrogens with zero attached hydrogens (tertiary/aromatic N) is 3. The van der Waals surface area contributed by atoms with E-state index in [2.05, 4.69) is 15.3 Å². The molecule has 2 aromatic carbocycles. The highest BCUT2D eigenvalue weighted by atomic mass is 35.5. The molecule has 0 saturated carbocycles. The van der Waals surface area contributed by atoms with E-state index in [0.29, 0.717) is 61.8 Å². The summed E-state index contributed by atoms with van der Waals surface area (Å²) in [5.41, 5.74) is 14.9. The lowest BCUT2D eigenvalue weighted by Crippen LogP contribution is -2.06. The van der Waals surface area contributed by atoms with Crippen molar-refractivity contribution in [1.29, 1.82) is 0 Å². The lowest BCUT2D eigenvalue weighted by molar-refractivity contribution is 0.395. The van der Waals surface area contributed by atoms with E-state index in [1.807, 2.05) is 24.3 Å². The molecule has 0 unspecified atom stereocenters. The lowest BCUT2D eigenvalue weighted by Gasteiger charge is -2.16. The Labute approximate surface area is 194 Å². The summed E-state index contributed by atoms with van der Waals surface area (Å²) in [4.78, 5) is 13.2. The van der Waals surface area contributed by atoms with Crippen molar-refractivity contribution in [3.63, 3.8) is 0 Å². The molecule has 0 bridgehead atoms. The van der Waals surface area contributed by atoms with Gasteiger partial charge in [-0.2, -0.15) is 0 Å². The summed E-state index contributed by atoms with van der Waals surface area (Å²) in [6.07, 6.45) is 1.62. The zero-order chi connectivity index (χ0) is 22.8. The average Bonchev–Trinajstić information content (AvgIpc) is 2.78. The van der Waals surface area contributed by atoms with E-state index in [9.17, 15) is 0 Å². The number of nitrogens with one attached hydrogen (secondary N) is 1. The first-order valence-electron chi connectivity index (χ1n) is 9.53. The number of fused-ring (bicyclic) bond motifs is 1. The smallest absolute Gasteiger partial charge is 0.220 e. The monoisotopic (exact) mass is 470 g/mol. The Kier molecular flexibility index (Phi) is 6.07. The summed E-state index contributed by atoms with van der Waals surface area (Å²) in [5.74, 6) is 1.45. The van der Waals surface area contributed by atoms with Crippen LogP contribution in [-0.2, 0) is 6.54 Å². The summed E-state index contributed by atoms with van der Waals surface area (Å²) in [7, 11) is 3.03. The number of hydrogen-bond donors (Lipinski definition) is 3. The van der Waals surface area contributed by atoms with Gasteiger partial charge in [0, 0.05) is 35.4 Å². The molecule has 0 aliphatic heterocycles. The molecule has 5 N–H and O–H groups in total. The van der Waals surface area contributed by atoms with Gasteiger partial charge in [-0.25, -0.2) is 15.0 Å². The van der Waals surface area contributed by atoms with Crippen molar-refractivity contribution in [2.24, 2.45) is 0 Å². The van der Waals surface area contributed by atoms with Crippen molar-refractivity contribution in [1.82, 2.24) is 15.0 Å². The van der Waals surface area contributed by atoms with E-state index in [1.54, 1.807) is 18.3 Å². The van der Waals surface area contributed by atoms with Crippen LogP contribution in [0.5, 0.6) is 11.5 Å². The van der Waals surface area contributed by atoms with Crippen LogP contribution in [0.15, 0.2) is 42.6 Å². The Morgan fingerprint density at radius 2 is 1.69 bits per heavy atom. The van der Waals surface area contributed by atoms with Crippen LogP contribution in [0.3, 0.4) is 0 Å². The van der Waals surface area contributed by atoms with Gasteiger partial charge in [0.1, 0.15) is 17.0 Å². The summed E-state index contributed by atoms with van der Waals surface area (Å²) in [5, 5.41) is 4.62. The van der Waals surface area contributed by atoms with Gasteiger partial charge in [-0.3, -0.25) is 0 Å². The van der Waals surface area contributed by atoms with Crippen molar-refractivity contribution < 1.29 is 9.47 Å². The van der Waals surface area contributed by atoms with Crippen LogP contribution in [0.25, 0.3) is 22.2 Å². The van der Waals surface area contributed by atoms with Crippen molar-refractivity contribution >= 4 is 51.6 Å². The van der Waals surface area contributed by atoms with Crippen molar-refractivity contribution in [3.8, 4) is 22.8 Å². The van der Waals surface area contributed by atoms with Crippen LogP contribution in [-0.4, -0.2) is 29.2 Å². The van der Waals surface area contributed by atoms with Gasteiger partial charge < -0.3 is 26.3 Å². The maximum Gasteiger partial charge on any atom is 0.220 e. The summed E-state index contributed by atoms with van der Waals surface area (Å²) in [6.45, 7) is 0.462. The molecule has 4 aromatic rings. The van der Waals surface area contributed by atoms with Crippen LogP contribution in [0, 0.1) is 0 Å². The van der Waals surface area contributed by atoms with Gasteiger partial charge in [0.25, 0.3) is 0 Å². The van der Waals surface area contributed by atoms with Crippen LogP contribution in [0.2, 0.25) is 10.0 Å². The second-order valence-corrected chi connectivity index (χ2v) is 7.66. The quantitative estimate of drug-likeness (QED) is 0.343. The zero-order valence-corrected chi connectivity index (χ0v) is 18.8. The molecule has 0 spiro atoms. The zero-order valence-electron chi connectivity index (χ0n) is 17.3. The minimum Gasteiger partial charge on any atom is -0.495 e. The standard InChI is InChI=1S/C22H20Cl2N6O2/c1-31-15-8-16(32-2)19(24)17(18(15)23)14-7-12-10-28-22(26)30-20(12)21(29-14)27-9-11-4-3-5-13(25)6-11/h3-8,10H,9,25H2,1-2H3,(H,27,29)(H2,26,28,30). The highest BCUT2D eigenvalue weighted by molar-refractivity contribution is 6.41. The van der Waals surface area contributed by atoms with Crippen molar-refractivity contribution in [2.45, 2.75) is 6.54 Å². The van der Waals surface area contributed by atoms with E-state index in [-0.39, 0.29) is 5.95 Å². The number of rotatable bonds is 6. The predicted octanol–water partition coefficient (Wildman–Crippen LogP) is 4.79. The number of anilines is 3. The minimum absolute atomic E-state index is 0.137. The molecule has 0 aliphatic carbocycles. The SMILES string of the molecule is COc1cc(OC)c(Cl)c(-c2cc3cnc(N)nc3c(NCc3cccc(N)c3)n2)c1Cl. The highest BCUT2D eigenvalue weighted by Crippen LogP contribution is 2.46. The fraction of sp³-hybridized carbons (Fsp3) is 0.136. The Balaban J connectivity index is 1.88. The number of aromatic nitrogens is 3. The molecule has 0 saturated heterocycles. The number of halogens is 2. The molecule has 10 heteroatoms. The third-order valence-corrected chi connectivity index (χ3v) is 5.58. The Morgan fingerprint density at radius 1 is 0.969 bits per heavy atom. The normalized spacial score (nSPS) is 10.9. The Morgan fingerprint density at radius 3 is 2.34 bits per heavy atom. The number of ether oxygens (including phenoxy) is 2. The van der Waals surface area contributed by atoms with Crippen LogP contribution in [0.1, 0.15) is 5.56 Å². The molecule has 0 fully saturated rings. The molecule has 0 amide bonds. The van der Waals surface area contributed by atoms with Gasteiger partial charge in [0.2, 0.25) is 5.95 Å². The first-order chi connectivity index (χ1) is 15.4. The molecule has 4 rings (SSSR count). The fourth-order valence-corrected chi connectivity index (χ4v) is 4.00. The van der Waals surface area contributed by atoms with Gasteiger partial charge in [0.15, 0.2) is 5.82 Å². The third kappa shape index (κ3) is 4.15. The van der Waals surface area contributed by atoms with E-state index in [0.717, 1.165) is 5.56 Å². The van der Waals surface area contributed by atoms with Crippen molar-refractivity contribution in [3.05, 3.63) is 58.2 Å². The van der Waals surface area contributed by atoms with Crippen LogP contribution < -0.4 is 26.3 Å². The van der Waals surface area contributed by atoms with Crippen LogP contribution >= 0.6 is 23.2 Å². The number of benzene rings is 2. The minimum atomic E-state index is 0.137. The van der Waals surface area contributed by atoms with E-state index >= 15 is 0 Å². The van der Waals surface area contributed by atoms with Gasteiger partial charge in [0.05, 0.1) is 30.0 Å². The summed E-state index contributed by atoms with van der Waals surface area (Å²) < 4.78 is 10.8. The van der Waals surface area contributed by atoms with E-state index in [4.69, 9.17) is 49.1 Å². The second-order valence-electron chi connectivity index (χ2n) is 6.90. The number of hydrogen-bond acceptors (Lipinski definition) is 8. The lowest BCUT2D eigenvalue weighted by atomic mass is 10.1. The third-order valence-electron chi connectivity index (χ3n) is 4.83. The van der Waals surface area contributed by atoms with Gasteiger partial charge in [-0.05, 0) is 23.8 Å². The number of methoxy groups -OCH3 is 2. The largest absolute Gasteiger partial charge is 0.495 e. The molecular weight excluding hydrogens is 451 g/mol. The predicted molar refractivity (Wildman–Crippen MR) is 128 cm³/mol. The van der Waals surface area contributed by atoms with E-state index in [1.165, 1.54) is 14.2 Å². The number of pyridine rings is 1. The van der Waals surface area contributed by atoms with Gasteiger partial charge in [-0.1, -0.05) is 35.3 Å². The summed E-state index contributed by atoms with van der Waals surface area (Å²) >= 11 is 13.2. The fourth-order valence-electron chi connectivity index (χ4n) is 3.30. The Bertz CT molecular complexity index is 1290. The van der Waals surface area contributed by atoms with Gasteiger partial charge >= 0.3 is 0 Å². The highest BCUT2D eigenvalue weighted by Gasteiger charge is 2.21. The first-order valence-corrected chi connectivity index (χ1v) is 10.3. The maximum absolute atomic E-state index is 6.61. The molecular formula is C22H20Cl2N6O2. The molecule has 8 nitrogen and oxygen atoms in total. The summed E-state index contributed by atoms with van der Waals surface area (Å²) in [6, 6.07) is 11.0. The molecule has 2 aromatic heterocycles. The Hall–Kier alpha value is -3.49. The molecule has 32 heavy (non-hydrogen) atoms. The van der Waals surface area contributed by atoms with E-state index < -0.39 is 0 Å². The van der Waals surface area contributed by atoms with Crippen molar-refractivity contribution in [2.75, 3.05) is 31.0 Å². The molecule has 164 valence electrons. The maximum atomic E-state index is 6.61. The average molecular weight is 471 g/mol. The molecule has 0 aliphatic rings. The molecule has 2 heterocycles. The first kappa shape index (κ1) is 21.7. The van der Waals surface area contributed by atoms with Gasteiger partial charge in [-0.15, -0.1) is 0 Å². The van der Waals surface area contributed by atoms with Crippen LogP contribution in [0.4, 0.5) is 17.5 Å². The number of nitrogen functional groups attached to an aromatic ring is 2. The molecule has 0 radical (unpaired) electrons.